The highest BCUT2D eigenvalue weighted by atomic mass is 16.5. The third kappa shape index (κ3) is 1.83. The summed E-state index contributed by atoms with van der Waals surface area (Å²) in [5.41, 5.74) is 0. The van der Waals surface area contributed by atoms with Crippen LogP contribution in [-0.2, 0) is 11.3 Å². The van der Waals surface area contributed by atoms with Gasteiger partial charge >= 0.3 is 0 Å². The number of nitrogens with zero attached hydrogens (tertiary/aromatic N) is 2. The van der Waals surface area contributed by atoms with Crippen LogP contribution < -0.4 is 4.74 Å². The zero-order valence-electron chi connectivity index (χ0n) is 7.77. The van der Waals surface area contributed by atoms with Crippen LogP contribution in [-0.4, -0.2) is 29.1 Å². The smallest absolute Gasteiger partial charge is 0.211 e. The Morgan fingerprint density at radius 3 is 3.54 bits per heavy atom. The number of aromatic nitrogens is 2. The second-order valence-corrected chi connectivity index (χ2v) is 3.16. The van der Waals surface area contributed by atoms with Gasteiger partial charge in [0.1, 0.15) is 12.7 Å². The molecule has 2 heterocycles. The Balaban J connectivity index is 1.93. The molecule has 2 rings (SSSR count). The third-order valence-corrected chi connectivity index (χ3v) is 2.03. The molecular formula is C9H14N2O2. The molecule has 0 amide bonds. The number of hydrogen-bond donors (Lipinski definition) is 0. The first-order chi connectivity index (χ1) is 6.40. The minimum absolute atomic E-state index is 0.160. The van der Waals surface area contributed by atoms with Gasteiger partial charge in [-0.3, -0.25) is 0 Å². The van der Waals surface area contributed by atoms with Gasteiger partial charge in [0, 0.05) is 12.7 Å². The molecule has 0 bridgehead atoms. The van der Waals surface area contributed by atoms with E-state index >= 15 is 0 Å². The predicted octanol–water partition coefficient (Wildman–Crippen LogP) is 1.07. The molecular weight excluding hydrogens is 168 g/mol. The molecule has 0 saturated heterocycles. The SMILES string of the molecule is CCCOC1COc2ccnn2C1. The van der Waals surface area contributed by atoms with Crippen molar-refractivity contribution in [3.8, 4) is 5.88 Å². The number of rotatable bonds is 3. The lowest BCUT2D eigenvalue weighted by Crippen LogP contribution is -2.32. The summed E-state index contributed by atoms with van der Waals surface area (Å²) < 4.78 is 12.9. The molecule has 0 aliphatic carbocycles. The minimum Gasteiger partial charge on any atom is -0.475 e. The van der Waals surface area contributed by atoms with Crippen LogP contribution in [0.3, 0.4) is 0 Å². The van der Waals surface area contributed by atoms with Crippen molar-refractivity contribution in [3.63, 3.8) is 0 Å². The maximum atomic E-state index is 5.57. The molecule has 4 heteroatoms. The van der Waals surface area contributed by atoms with E-state index in [9.17, 15) is 0 Å². The molecule has 1 aromatic rings. The van der Waals surface area contributed by atoms with E-state index in [1.54, 1.807) is 6.20 Å². The first-order valence-electron chi connectivity index (χ1n) is 4.66. The van der Waals surface area contributed by atoms with E-state index in [0.29, 0.717) is 6.61 Å². The van der Waals surface area contributed by atoms with Gasteiger partial charge in [-0.2, -0.15) is 5.10 Å². The first kappa shape index (κ1) is 8.56. The molecule has 1 aliphatic rings. The quantitative estimate of drug-likeness (QED) is 0.701. The normalized spacial score (nSPS) is 20.8. The summed E-state index contributed by atoms with van der Waals surface area (Å²) in [7, 11) is 0. The highest BCUT2D eigenvalue weighted by Gasteiger charge is 2.19. The van der Waals surface area contributed by atoms with Gasteiger partial charge in [0.15, 0.2) is 0 Å². The summed E-state index contributed by atoms with van der Waals surface area (Å²) in [6, 6.07) is 1.87. The molecule has 0 N–H and O–H groups in total. The van der Waals surface area contributed by atoms with Crippen LogP contribution >= 0.6 is 0 Å². The predicted molar refractivity (Wildman–Crippen MR) is 47.8 cm³/mol. The van der Waals surface area contributed by atoms with Crippen molar-refractivity contribution in [1.82, 2.24) is 9.78 Å². The second-order valence-electron chi connectivity index (χ2n) is 3.16. The Labute approximate surface area is 77.4 Å². The summed E-state index contributed by atoms with van der Waals surface area (Å²) in [6.45, 7) is 4.35. The fourth-order valence-corrected chi connectivity index (χ4v) is 1.39. The van der Waals surface area contributed by atoms with Crippen LogP contribution in [0.4, 0.5) is 0 Å². The van der Waals surface area contributed by atoms with Crippen molar-refractivity contribution in [2.24, 2.45) is 0 Å². The molecule has 13 heavy (non-hydrogen) atoms. The number of ether oxygens (including phenoxy) is 2. The molecule has 0 radical (unpaired) electrons. The van der Waals surface area contributed by atoms with Gasteiger partial charge in [-0.15, -0.1) is 0 Å². The topological polar surface area (TPSA) is 36.3 Å². The standard InChI is InChI=1S/C9H14N2O2/c1-2-5-12-8-6-11-9(13-7-8)3-4-10-11/h3-4,8H,2,5-7H2,1H3. The van der Waals surface area contributed by atoms with Crippen molar-refractivity contribution in [3.05, 3.63) is 12.3 Å². The van der Waals surface area contributed by atoms with Gasteiger partial charge in [-0.05, 0) is 6.42 Å². The van der Waals surface area contributed by atoms with E-state index < -0.39 is 0 Å². The zero-order valence-corrected chi connectivity index (χ0v) is 7.77. The molecule has 1 aliphatic heterocycles. The molecule has 0 saturated carbocycles. The minimum atomic E-state index is 0.160. The fourth-order valence-electron chi connectivity index (χ4n) is 1.39. The average molecular weight is 182 g/mol. The maximum absolute atomic E-state index is 5.57. The summed E-state index contributed by atoms with van der Waals surface area (Å²) in [5, 5.41) is 4.13. The van der Waals surface area contributed by atoms with Crippen molar-refractivity contribution in [2.45, 2.75) is 26.0 Å². The van der Waals surface area contributed by atoms with Gasteiger partial charge in [-0.25, -0.2) is 4.68 Å². The molecule has 1 atom stereocenters. The Kier molecular flexibility index (Phi) is 2.49. The van der Waals surface area contributed by atoms with E-state index in [1.165, 1.54) is 0 Å². The van der Waals surface area contributed by atoms with Crippen molar-refractivity contribution < 1.29 is 9.47 Å². The van der Waals surface area contributed by atoms with Gasteiger partial charge in [-0.1, -0.05) is 6.92 Å². The van der Waals surface area contributed by atoms with Gasteiger partial charge < -0.3 is 9.47 Å². The Hall–Kier alpha value is -1.03. The average Bonchev–Trinajstić information content (AvgIpc) is 2.61. The third-order valence-electron chi connectivity index (χ3n) is 2.03. The largest absolute Gasteiger partial charge is 0.475 e. The molecule has 0 fully saturated rings. The number of hydrogen-bond acceptors (Lipinski definition) is 3. The fraction of sp³-hybridized carbons (Fsp3) is 0.667. The van der Waals surface area contributed by atoms with Gasteiger partial charge in [0.05, 0.1) is 12.7 Å². The van der Waals surface area contributed by atoms with Crippen LogP contribution in [0, 0.1) is 0 Å². The van der Waals surface area contributed by atoms with E-state index in [0.717, 1.165) is 25.5 Å². The molecule has 1 aromatic heterocycles. The van der Waals surface area contributed by atoms with Crippen molar-refractivity contribution >= 4 is 0 Å². The Bertz CT molecular complexity index is 272. The highest BCUT2D eigenvalue weighted by molar-refractivity contribution is 5.09. The molecule has 1 unspecified atom stereocenters. The van der Waals surface area contributed by atoms with Crippen LogP contribution in [0.2, 0.25) is 0 Å². The van der Waals surface area contributed by atoms with Crippen LogP contribution in [0.15, 0.2) is 12.3 Å². The highest BCUT2D eigenvalue weighted by Crippen LogP contribution is 2.16. The lowest BCUT2D eigenvalue weighted by atomic mass is 10.3. The summed E-state index contributed by atoms with van der Waals surface area (Å²) in [4.78, 5) is 0. The van der Waals surface area contributed by atoms with Crippen LogP contribution in [0.5, 0.6) is 5.88 Å². The van der Waals surface area contributed by atoms with E-state index in [4.69, 9.17) is 9.47 Å². The van der Waals surface area contributed by atoms with Crippen molar-refractivity contribution in [1.29, 1.82) is 0 Å². The second kappa shape index (κ2) is 3.79. The molecule has 0 aromatic carbocycles. The molecule has 0 spiro atoms. The lowest BCUT2D eigenvalue weighted by Gasteiger charge is -2.23. The van der Waals surface area contributed by atoms with Gasteiger partial charge in [0.2, 0.25) is 5.88 Å². The van der Waals surface area contributed by atoms with E-state index in [2.05, 4.69) is 12.0 Å². The van der Waals surface area contributed by atoms with E-state index in [1.807, 2.05) is 10.7 Å². The monoisotopic (exact) mass is 182 g/mol. The van der Waals surface area contributed by atoms with Crippen LogP contribution in [0.1, 0.15) is 13.3 Å². The Morgan fingerprint density at radius 2 is 2.69 bits per heavy atom. The van der Waals surface area contributed by atoms with E-state index in [-0.39, 0.29) is 6.10 Å². The maximum Gasteiger partial charge on any atom is 0.211 e. The summed E-state index contributed by atoms with van der Waals surface area (Å²) >= 11 is 0. The molecule has 4 nitrogen and oxygen atoms in total. The zero-order chi connectivity index (χ0) is 9.10. The summed E-state index contributed by atoms with van der Waals surface area (Å²) in [6.07, 6.45) is 2.95. The van der Waals surface area contributed by atoms with Crippen LogP contribution in [0.25, 0.3) is 0 Å². The Morgan fingerprint density at radius 1 is 1.77 bits per heavy atom. The first-order valence-corrected chi connectivity index (χ1v) is 4.66. The summed E-state index contributed by atoms with van der Waals surface area (Å²) in [5.74, 6) is 0.844. The van der Waals surface area contributed by atoms with Crippen molar-refractivity contribution in [2.75, 3.05) is 13.2 Å². The lowest BCUT2D eigenvalue weighted by molar-refractivity contribution is -0.0120. The molecule has 72 valence electrons. The van der Waals surface area contributed by atoms with Gasteiger partial charge in [0.25, 0.3) is 0 Å². The number of fused-ring (bicyclic) bond motifs is 1.